The first-order valence-corrected chi connectivity index (χ1v) is 5.92. The van der Waals surface area contributed by atoms with Gasteiger partial charge in [-0.05, 0) is 24.3 Å². The van der Waals surface area contributed by atoms with Crippen molar-refractivity contribution in [2.75, 3.05) is 0 Å². The molecule has 0 aliphatic rings. The summed E-state index contributed by atoms with van der Waals surface area (Å²) in [5, 5.41) is 51.4. The predicted molar refractivity (Wildman–Crippen MR) is 80.2 cm³/mol. The summed E-state index contributed by atoms with van der Waals surface area (Å²) < 4.78 is 0. The Morgan fingerprint density at radius 1 is 0.708 bits per heavy atom. The lowest BCUT2D eigenvalue weighted by molar-refractivity contribution is -0.385. The molecule has 0 radical (unpaired) electrons. The lowest BCUT2D eigenvalue weighted by Gasteiger charge is -1.89. The molecule has 2 rings (SSSR count). The van der Waals surface area contributed by atoms with Gasteiger partial charge in [-0.1, -0.05) is 0 Å². The fourth-order valence-electron chi connectivity index (χ4n) is 1.15. The molecule has 0 unspecified atom stereocenters. The molecule has 0 heterocycles. The molecule has 11 heteroatoms. The van der Waals surface area contributed by atoms with Crippen LogP contribution in [0.2, 0.25) is 0 Å². The summed E-state index contributed by atoms with van der Waals surface area (Å²) in [5.74, 6) is 0.0659. The van der Waals surface area contributed by atoms with Gasteiger partial charge < -0.3 is 20.4 Å². The Labute approximate surface area is 134 Å². The second-order valence-corrected chi connectivity index (χ2v) is 3.83. The Kier molecular flexibility index (Phi) is 8.33. The van der Waals surface area contributed by atoms with Gasteiger partial charge in [0.05, 0.1) is 9.85 Å². The molecule has 0 fully saturated rings. The molecule has 11 nitrogen and oxygen atoms in total. The monoisotopic (exact) mass is 340 g/mol. The van der Waals surface area contributed by atoms with Crippen LogP contribution in [0.4, 0.5) is 16.2 Å². The van der Waals surface area contributed by atoms with Crippen LogP contribution in [-0.4, -0.2) is 36.4 Å². The molecule has 128 valence electrons. The Hall–Kier alpha value is -3.89. The highest BCUT2D eigenvalue weighted by atomic mass is 16.6. The lowest BCUT2D eigenvalue weighted by atomic mass is 10.3. The van der Waals surface area contributed by atoms with E-state index in [0.717, 1.165) is 0 Å². The number of carboxylic acid groups (broad SMARTS) is 2. The molecule has 0 amide bonds. The van der Waals surface area contributed by atoms with E-state index in [1.54, 1.807) is 0 Å². The predicted octanol–water partition coefficient (Wildman–Crippen LogP) is 2.82. The number of nitro groups is 2. The molecular weight excluding hydrogens is 328 g/mol. The summed E-state index contributed by atoms with van der Waals surface area (Å²) in [6, 6.07) is 10.1. The van der Waals surface area contributed by atoms with E-state index in [1.807, 2.05) is 0 Å². The molecular formula is C13H12N2O9. The van der Waals surface area contributed by atoms with Gasteiger partial charge in [-0.2, -0.15) is 0 Å². The Morgan fingerprint density at radius 3 is 1.08 bits per heavy atom. The van der Waals surface area contributed by atoms with Gasteiger partial charge in [0.2, 0.25) is 0 Å². The maximum Gasteiger partial charge on any atom is 0.503 e. The second-order valence-electron chi connectivity index (χ2n) is 3.83. The van der Waals surface area contributed by atoms with E-state index in [0.29, 0.717) is 0 Å². The molecule has 2 aromatic rings. The van der Waals surface area contributed by atoms with Crippen LogP contribution in [0.3, 0.4) is 0 Å². The maximum absolute atomic E-state index is 10.0. The third-order valence-corrected chi connectivity index (χ3v) is 2.12. The van der Waals surface area contributed by atoms with Crippen LogP contribution in [-0.2, 0) is 0 Å². The minimum Gasteiger partial charge on any atom is -0.508 e. The lowest BCUT2D eigenvalue weighted by Crippen LogP contribution is -1.85. The van der Waals surface area contributed by atoms with Crippen LogP contribution >= 0.6 is 0 Å². The zero-order valence-corrected chi connectivity index (χ0v) is 11.8. The standard InChI is InChI=1S/2C6H5NO3.CH2O3/c2*8-6-3-1-5(2-4-6)7(9)10;2-1(3)4/h2*1-4,8H;(H2,2,3,4). The number of benzene rings is 2. The number of non-ortho nitro benzene ring substituents is 2. The molecule has 0 atom stereocenters. The summed E-state index contributed by atoms with van der Waals surface area (Å²) in [5.41, 5.74) is -0.0319. The number of carbonyl (C=O) groups is 1. The van der Waals surface area contributed by atoms with Gasteiger partial charge in [-0.25, -0.2) is 4.79 Å². The van der Waals surface area contributed by atoms with E-state index in [4.69, 9.17) is 25.2 Å². The molecule has 0 aliphatic carbocycles. The van der Waals surface area contributed by atoms with E-state index in [1.165, 1.54) is 48.5 Å². The van der Waals surface area contributed by atoms with Crippen molar-refractivity contribution in [1.82, 2.24) is 0 Å². The zero-order chi connectivity index (χ0) is 18.7. The summed E-state index contributed by atoms with van der Waals surface area (Å²) in [6.07, 6.45) is -1.83. The quantitative estimate of drug-likeness (QED) is 0.471. The van der Waals surface area contributed by atoms with Gasteiger partial charge in [0.15, 0.2) is 0 Å². The van der Waals surface area contributed by atoms with E-state index in [9.17, 15) is 20.2 Å². The Bertz CT molecular complexity index is 624. The average molecular weight is 340 g/mol. The van der Waals surface area contributed by atoms with Gasteiger partial charge in [-0.15, -0.1) is 0 Å². The number of nitro benzene ring substituents is 2. The van der Waals surface area contributed by atoms with Crippen molar-refractivity contribution in [2.45, 2.75) is 0 Å². The van der Waals surface area contributed by atoms with Crippen LogP contribution in [0.25, 0.3) is 0 Å². The number of aromatic hydroxyl groups is 2. The SMILES string of the molecule is O=C(O)O.O=[N+]([O-])c1ccc(O)cc1.O=[N+]([O-])c1ccc(O)cc1. The van der Waals surface area contributed by atoms with Crippen molar-refractivity contribution in [1.29, 1.82) is 0 Å². The van der Waals surface area contributed by atoms with Crippen LogP contribution < -0.4 is 0 Å². The van der Waals surface area contributed by atoms with E-state index in [-0.39, 0.29) is 22.9 Å². The largest absolute Gasteiger partial charge is 0.508 e. The molecule has 0 bridgehead atoms. The Morgan fingerprint density at radius 2 is 0.917 bits per heavy atom. The van der Waals surface area contributed by atoms with Crippen molar-refractivity contribution in [3.63, 3.8) is 0 Å². The number of nitrogens with zero attached hydrogens (tertiary/aromatic N) is 2. The van der Waals surface area contributed by atoms with Crippen molar-refractivity contribution in [2.24, 2.45) is 0 Å². The molecule has 0 saturated heterocycles. The summed E-state index contributed by atoms with van der Waals surface area (Å²) in [6.45, 7) is 0. The highest BCUT2D eigenvalue weighted by Crippen LogP contribution is 2.15. The van der Waals surface area contributed by atoms with Gasteiger partial charge in [0.1, 0.15) is 11.5 Å². The molecule has 2 aromatic carbocycles. The van der Waals surface area contributed by atoms with Crippen molar-refractivity contribution in [3.05, 3.63) is 68.8 Å². The van der Waals surface area contributed by atoms with Crippen molar-refractivity contribution in [3.8, 4) is 11.5 Å². The average Bonchev–Trinajstić information content (AvgIpc) is 2.48. The molecule has 0 aliphatic heterocycles. The highest BCUT2D eigenvalue weighted by Gasteiger charge is 2.02. The summed E-state index contributed by atoms with van der Waals surface area (Å²) in [7, 11) is 0. The smallest absolute Gasteiger partial charge is 0.503 e. The normalized spacial score (nSPS) is 8.67. The van der Waals surface area contributed by atoms with Gasteiger partial charge in [0.25, 0.3) is 11.4 Å². The van der Waals surface area contributed by atoms with E-state index in [2.05, 4.69) is 0 Å². The number of phenols is 2. The highest BCUT2D eigenvalue weighted by molar-refractivity contribution is 5.53. The zero-order valence-electron chi connectivity index (χ0n) is 11.8. The van der Waals surface area contributed by atoms with Crippen LogP contribution in [0.1, 0.15) is 0 Å². The molecule has 0 aromatic heterocycles. The minimum absolute atomic E-state index is 0.0159. The third-order valence-electron chi connectivity index (χ3n) is 2.12. The van der Waals surface area contributed by atoms with Gasteiger partial charge in [0, 0.05) is 24.3 Å². The van der Waals surface area contributed by atoms with Crippen LogP contribution in [0.5, 0.6) is 11.5 Å². The van der Waals surface area contributed by atoms with E-state index < -0.39 is 16.0 Å². The number of hydrogen-bond donors (Lipinski definition) is 4. The third kappa shape index (κ3) is 9.12. The van der Waals surface area contributed by atoms with Crippen molar-refractivity contribution >= 4 is 17.5 Å². The fourth-order valence-corrected chi connectivity index (χ4v) is 1.15. The molecule has 0 spiro atoms. The second kappa shape index (κ2) is 9.94. The van der Waals surface area contributed by atoms with E-state index >= 15 is 0 Å². The maximum atomic E-state index is 10.0. The van der Waals surface area contributed by atoms with Crippen LogP contribution in [0, 0.1) is 20.2 Å². The first-order chi connectivity index (χ1) is 11.1. The van der Waals surface area contributed by atoms with Gasteiger partial charge in [-0.3, -0.25) is 20.2 Å². The fraction of sp³-hybridized carbons (Fsp3) is 0. The minimum atomic E-state index is -1.83. The topological polar surface area (TPSA) is 184 Å². The first kappa shape index (κ1) is 20.1. The Balaban J connectivity index is 0.000000363. The number of hydrogen-bond acceptors (Lipinski definition) is 7. The number of rotatable bonds is 2. The van der Waals surface area contributed by atoms with Crippen molar-refractivity contribution < 1.29 is 35.1 Å². The van der Waals surface area contributed by atoms with Gasteiger partial charge >= 0.3 is 6.16 Å². The molecule has 0 saturated carbocycles. The van der Waals surface area contributed by atoms with Crippen LogP contribution in [0.15, 0.2) is 48.5 Å². The molecule has 24 heavy (non-hydrogen) atoms. The summed E-state index contributed by atoms with van der Waals surface area (Å²) in [4.78, 5) is 27.6. The first-order valence-electron chi connectivity index (χ1n) is 5.92. The number of phenolic OH excluding ortho intramolecular Hbond substituents is 2. The molecule has 4 N–H and O–H groups in total. The summed E-state index contributed by atoms with van der Waals surface area (Å²) >= 11 is 0.